The van der Waals surface area contributed by atoms with E-state index in [9.17, 15) is 0 Å². The molecule has 3 heteroatoms. The highest BCUT2D eigenvalue weighted by Crippen LogP contribution is 2.18. The van der Waals surface area contributed by atoms with Crippen molar-refractivity contribution in [1.29, 1.82) is 0 Å². The summed E-state index contributed by atoms with van der Waals surface area (Å²) in [5.74, 6) is 0.612. The van der Waals surface area contributed by atoms with Gasteiger partial charge in [-0.2, -0.15) is 0 Å². The summed E-state index contributed by atoms with van der Waals surface area (Å²) in [4.78, 5) is 2.76. The lowest BCUT2D eigenvalue weighted by atomic mass is 10.0. The smallest absolute Gasteiger partial charge is 0.0286 e. The molecule has 0 aromatic heterocycles. The summed E-state index contributed by atoms with van der Waals surface area (Å²) >= 11 is 0. The summed E-state index contributed by atoms with van der Waals surface area (Å²) in [6, 6.07) is 0. The van der Waals surface area contributed by atoms with E-state index in [0.29, 0.717) is 12.5 Å². The fourth-order valence-electron chi connectivity index (χ4n) is 1.38. The molecular formula is C8H13N3. The van der Waals surface area contributed by atoms with Gasteiger partial charge in [-0.15, -0.1) is 0 Å². The maximum Gasteiger partial charge on any atom is 0.0286 e. The summed E-state index contributed by atoms with van der Waals surface area (Å²) < 4.78 is 0. The van der Waals surface area contributed by atoms with Crippen LogP contribution in [0.3, 0.4) is 0 Å². The highest BCUT2D eigenvalue weighted by molar-refractivity contribution is 4.87. The molecule has 0 aromatic carbocycles. The van der Waals surface area contributed by atoms with Crippen molar-refractivity contribution in [3.63, 3.8) is 0 Å². The number of rotatable bonds is 2. The standard InChI is InChI=1S/C8H13N3/c9-11-10-7-8-5-3-1-2-4-6-8/h1-2,8H,3-7H2. The molecule has 1 aliphatic carbocycles. The third kappa shape index (κ3) is 3.10. The van der Waals surface area contributed by atoms with Crippen LogP contribution in [0.15, 0.2) is 17.3 Å². The maximum absolute atomic E-state index is 8.11. The van der Waals surface area contributed by atoms with Crippen molar-refractivity contribution in [1.82, 2.24) is 0 Å². The summed E-state index contributed by atoms with van der Waals surface area (Å²) in [5.41, 5.74) is 8.11. The number of nitrogens with zero attached hydrogens (tertiary/aromatic N) is 3. The van der Waals surface area contributed by atoms with E-state index in [1.165, 1.54) is 12.8 Å². The van der Waals surface area contributed by atoms with Crippen molar-refractivity contribution < 1.29 is 0 Å². The van der Waals surface area contributed by atoms with Gasteiger partial charge in [0.05, 0.1) is 0 Å². The summed E-state index contributed by atoms with van der Waals surface area (Å²) in [6.45, 7) is 0.679. The van der Waals surface area contributed by atoms with Crippen molar-refractivity contribution in [2.75, 3.05) is 6.54 Å². The van der Waals surface area contributed by atoms with E-state index < -0.39 is 0 Å². The van der Waals surface area contributed by atoms with Gasteiger partial charge in [-0.25, -0.2) is 0 Å². The van der Waals surface area contributed by atoms with Crippen LogP contribution in [-0.2, 0) is 0 Å². The SMILES string of the molecule is [N-]=[N+]=NCC1CCC=CCC1. The predicted molar refractivity (Wildman–Crippen MR) is 45.1 cm³/mol. The molecular weight excluding hydrogens is 138 g/mol. The van der Waals surface area contributed by atoms with Crippen LogP contribution in [0.25, 0.3) is 10.4 Å². The lowest BCUT2D eigenvalue weighted by Crippen LogP contribution is -2.01. The highest BCUT2D eigenvalue weighted by Gasteiger charge is 2.07. The Morgan fingerprint density at radius 2 is 2.00 bits per heavy atom. The van der Waals surface area contributed by atoms with E-state index in [1.807, 2.05) is 0 Å². The Morgan fingerprint density at radius 1 is 1.36 bits per heavy atom. The minimum atomic E-state index is 0.612. The molecule has 0 aliphatic heterocycles. The van der Waals surface area contributed by atoms with Crippen LogP contribution in [0.1, 0.15) is 25.7 Å². The molecule has 0 N–H and O–H groups in total. The fourth-order valence-corrected chi connectivity index (χ4v) is 1.38. The zero-order valence-electron chi connectivity index (χ0n) is 6.61. The van der Waals surface area contributed by atoms with E-state index >= 15 is 0 Å². The van der Waals surface area contributed by atoms with E-state index in [1.54, 1.807) is 0 Å². The molecule has 0 spiro atoms. The Labute approximate surface area is 66.7 Å². The second-order valence-electron chi connectivity index (χ2n) is 2.91. The summed E-state index contributed by atoms with van der Waals surface area (Å²) in [5, 5.41) is 3.59. The Balaban J connectivity index is 2.28. The molecule has 0 atom stereocenters. The molecule has 60 valence electrons. The first-order valence-corrected chi connectivity index (χ1v) is 4.09. The third-order valence-corrected chi connectivity index (χ3v) is 2.05. The van der Waals surface area contributed by atoms with Crippen molar-refractivity contribution >= 4 is 0 Å². The molecule has 1 aliphatic rings. The minimum Gasteiger partial charge on any atom is -0.0937 e. The Bertz CT molecular complexity index is 170. The van der Waals surface area contributed by atoms with Gasteiger partial charge in [0.25, 0.3) is 0 Å². The maximum atomic E-state index is 8.11. The van der Waals surface area contributed by atoms with Gasteiger partial charge in [0.1, 0.15) is 0 Å². The van der Waals surface area contributed by atoms with E-state index in [0.717, 1.165) is 12.8 Å². The van der Waals surface area contributed by atoms with Gasteiger partial charge >= 0.3 is 0 Å². The van der Waals surface area contributed by atoms with Crippen molar-refractivity contribution in [3.8, 4) is 0 Å². The van der Waals surface area contributed by atoms with Gasteiger partial charge in [-0.1, -0.05) is 17.3 Å². The van der Waals surface area contributed by atoms with Crippen LogP contribution >= 0.6 is 0 Å². The zero-order chi connectivity index (χ0) is 7.94. The van der Waals surface area contributed by atoms with Crippen LogP contribution in [0.4, 0.5) is 0 Å². The van der Waals surface area contributed by atoms with Gasteiger partial charge in [0, 0.05) is 11.5 Å². The molecule has 0 saturated carbocycles. The topological polar surface area (TPSA) is 48.8 Å². The van der Waals surface area contributed by atoms with Crippen molar-refractivity contribution in [2.24, 2.45) is 11.0 Å². The van der Waals surface area contributed by atoms with Gasteiger partial charge in [-0.3, -0.25) is 0 Å². The monoisotopic (exact) mass is 151 g/mol. The second-order valence-corrected chi connectivity index (χ2v) is 2.91. The largest absolute Gasteiger partial charge is 0.0937 e. The molecule has 3 nitrogen and oxygen atoms in total. The minimum absolute atomic E-state index is 0.612. The Morgan fingerprint density at radius 3 is 2.55 bits per heavy atom. The number of hydrogen-bond acceptors (Lipinski definition) is 1. The van der Waals surface area contributed by atoms with Crippen LogP contribution < -0.4 is 0 Å². The lowest BCUT2D eigenvalue weighted by molar-refractivity contribution is 0.478. The van der Waals surface area contributed by atoms with Crippen LogP contribution in [0, 0.1) is 5.92 Å². The average Bonchev–Trinajstić information content (AvgIpc) is 2.28. The molecule has 0 fully saturated rings. The fraction of sp³-hybridized carbons (Fsp3) is 0.750. The van der Waals surface area contributed by atoms with Gasteiger partial charge in [0.15, 0.2) is 0 Å². The highest BCUT2D eigenvalue weighted by atomic mass is 15.1. The summed E-state index contributed by atoms with van der Waals surface area (Å²) in [7, 11) is 0. The van der Waals surface area contributed by atoms with E-state index in [-0.39, 0.29) is 0 Å². The predicted octanol–water partition coefficient (Wildman–Crippen LogP) is 3.04. The quantitative estimate of drug-likeness (QED) is 0.252. The van der Waals surface area contributed by atoms with Crippen LogP contribution in [0.2, 0.25) is 0 Å². The third-order valence-electron chi connectivity index (χ3n) is 2.05. The molecule has 0 heterocycles. The summed E-state index contributed by atoms with van der Waals surface area (Å²) in [6.07, 6.45) is 9.08. The molecule has 0 unspecified atom stereocenters. The molecule has 11 heavy (non-hydrogen) atoms. The molecule has 0 radical (unpaired) electrons. The van der Waals surface area contributed by atoms with Gasteiger partial charge in [-0.05, 0) is 37.1 Å². The van der Waals surface area contributed by atoms with Crippen molar-refractivity contribution in [3.05, 3.63) is 22.6 Å². The van der Waals surface area contributed by atoms with Crippen LogP contribution in [-0.4, -0.2) is 6.54 Å². The first-order valence-electron chi connectivity index (χ1n) is 4.09. The molecule has 1 rings (SSSR count). The molecule has 0 aromatic rings. The number of azide groups is 1. The first kappa shape index (κ1) is 8.15. The van der Waals surface area contributed by atoms with Crippen LogP contribution in [0.5, 0.6) is 0 Å². The number of allylic oxidation sites excluding steroid dienone is 2. The molecule has 0 amide bonds. The van der Waals surface area contributed by atoms with Gasteiger partial charge < -0.3 is 0 Å². The van der Waals surface area contributed by atoms with E-state index in [4.69, 9.17) is 5.53 Å². The van der Waals surface area contributed by atoms with E-state index in [2.05, 4.69) is 22.2 Å². The lowest BCUT2D eigenvalue weighted by Gasteiger charge is -2.08. The Kier molecular flexibility index (Phi) is 3.56. The van der Waals surface area contributed by atoms with Crippen molar-refractivity contribution in [2.45, 2.75) is 25.7 Å². The normalized spacial score (nSPS) is 18.9. The molecule has 0 bridgehead atoms. The van der Waals surface area contributed by atoms with Gasteiger partial charge in [0.2, 0.25) is 0 Å². The second kappa shape index (κ2) is 4.80. The Hall–Kier alpha value is -0.950. The molecule has 0 saturated heterocycles. The average molecular weight is 151 g/mol. The number of hydrogen-bond donors (Lipinski definition) is 0. The first-order chi connectivity index (χ1) is 5.43. The zero-order valence-corrected chi connectivity index (χ0v) is 6.61.